The lowest BCUT2D eigenvalue weighted by molar-refractivity contribution is -0.145. The lowest BCUT2D eigenvalue weighted by Crippen LogP contribution is -2.43. The summed E-state index contributed by atoms with van der Waals surface area (Å²) >= 11 is 0. The molecule has 0 unspecified atom stereocenters. The van der Waals surface area contributed by atoms with Crippen LogP contribution in [0.1, 0.15) is 32.6 Å². The maximum Gasteiger partial charge on any atom is 0.306 e. The fraction of sp³-hybridized carbons (Fsp3) is 0.846. The van der Waals surface area contributed by atoms with E-state index in [4.69, 9.17) is 9.84 Å². The molecule has 0 heterocycles. The minimum atomic E-state index is -0.778. The van der Waals surface area contributed by atoms with Gasteiger partial charge in [0.2, 0.25) is 5.91 Å². The minimum Gasteiger partial charge on any atom is -0.481 e. The van der Waals surface area contributed by atoms with E-state index in [-0.39, 0.29) is 23.8 Å². The molecule has 18 heavy (non-hydrogen) atoms. The Balaban J connectivity index is 2.57. The number of rotatable bonds is 5. The monoisotopic (exact) mass is 257 g/mol. The summed E-state index contributed by atoms with van der Waals surface area (Å²) in [4.78, 5) is 24.9. The number of carbonyl (C=O) groups is 2. The highest BCUT2D eigenvalue weighted by atomic mass is 16.5. The molecule has 0 spiro atoms. The van der Waals surface area contributed by atoms with Gasteiger partial charge in [-0.25, -0.2) is 0 Å². The van der Waals surface area contributed by atoms with E-state index in [9.17, 15) is 9.59 Å². The topological polar surface area (TPSA) is 66.8 Å². The zero-order chi connectivity index (χ0) is 13.7. The van der Waals surface area contributed by atoms with Crippen molar-refractivity contribution in [3.63, 3.8) is 0 Å². The smallest absolute Gasteiger partial charge is 0.306 e. The standard InChI is InChI=1S/C13H23NO4/c1-9(8-18-3)14(2)12(15)10-5-4-6-11(7-10)13(16)17/h9-11H,4-8H2,1-3H3,(H,16,17)/t9-,10-,11+/m0/s1. The van der Waals surface area contributed by atoms with E-state index in [1.807, 2.05) is 6.92 Å². The quantitative estimate of drug-likeness (QED) is 0.807. The molecule has 1 saturated carbocycles. The summed E-state index contributed by atoms with van der Waals surface area (Å²) in [6, 6.07) is 0.0210. The Bertz CT molecular complexity index is 305. The number of ether oxygens (including phenoxy) is 1. The van der Waals surface area contributed by atoms with Crippen molar-refractivity contribution in [2.75, 3.05) is 20.8 Å². The van der Waals surface area contributed by atoms with Crippen molar-refractivity contribution < 1.29 is 19.4 Å². The molecule has 1 amide bonds. The van der Waals surface area contributed by atoms with Gasteiger partial charge in [-0.05, 0) is 26.2 Å². The van der Waals surface area contributed by atoms with E-state index in [1.165, 1.54) is 0 Å². The lowest BCUT2D eigenvalue weighted by atomic mass is 9.80. The molecule has 0 radical (unpaired) electrons. The Morgan fingerprint density at radius 2 is 2.00 bits per heavy atom. The van der Waals surface area contributed by atoms with Gasteiger partial charge in [0, 0.05) is 20.1 Å². The summed E-state index contributed by atoms with van der Waals surface area (Å²) in [6.07, 6.45) is 2.78. The average molecular weight is 257 g/mol. The number of amides is 1. The Morgan fingerprint density at radius 3 is 2.56 bits per heavy atom. The number of carbonyl (C=O) groups excluding carboxylic acids is 1. The van der Waals surface area contributed by atoms with E-state index < -0.39 is 5.97 Å². The van der Waals surface area contributed by atoms with E-state index in [0.717, 1.165) is 12.8 Å². The SMILES string of the molecule is COC[C@H](C)N(C)C(=O)[C@H]1CCC[C@@H](C(=O)O)C1. The molecular formula is C13H23NO4. The second kappa shape index (κ2) is 6.73. The Labute approximate surface area is 108 Å². The molecule has 1 N–H and O–H groups in total. The van der Waals surface area contributed by atoms with Gasteiger partial charge in [0.05, 0.1) is 18.6 Å². The van der Waals surface area contributed by atoms with Crippen LogP contribution in [-0.2, 0) is 14.3 Å². The van der Waals surface area contributed by atoms with Gasteiger partial charge in [-0.15, -0.1) is 0 Å². The van der Waals surface area contributed by atoms with Crippen LogP contribution in [0.3, 0.4) is 0 Å². The molecule has 0 bridgehead atoms. The molecule has 5 heteroatoms. The summed E-state index contributed by atoms with van der Waals surface area (Å²) in [6.45, 7) is 2.43. The van der Waals surface area contributed by atoms with E-state index >= 15 is 0 Å². The molecular weight excluding hydrogens is 234 g/mol. The van der Waals surface area contributed by atoms with Gasteiger partial charge in [-0.2, -0.15) is 0 Å². The van der Waals surface area contributed by atoms with Gasteiger partial charge in [0.25, 0.3) is 0 Å². The number of nitrogens with zero attached hydrogens (tertiary/aromatic N) is 1. The van der Waals surface area contributed by atoms with Crippen LogP contribution in [0.4, 0.5) is 0 Å². The molecule has 0 aromatic heterocycles. The van der Waals surface area contributed by atoms with Crippen molar-refractivity contribution in [2.45, 2.75) is 38.6 Å². The number of methoxy groups -OCH3 is 1. The first-order valence-electron chi connectivity index (χ1n) is 6.45. The van der Waals surface area contributed by atoms with Crippen LogP contribution in [0.25, 0.3) is 0 Å². The lowest BCUT2D eigenvalue weighted by Gasteiger charge is -2.32. The molecule has 1 aliphatic rings. The molecule has 5 nitrogen and oxygen atoms in total. The molecule has 104 valence electrons. The van der Waals surface area contributed by atoms with Crippen LogP contribution in [0.2, 0.25) is 0 Å². The zero-order valence-corrected chi connectivity index (χ0v) is 11.4. The fourth-order valence-corrected chi connectivity index (χ4v) is 2.50. The predicted molar refractivity (Wildman–Crippen MR) is 67.2 cm³/mol. The first-order chi connectivity index (χ1) is 8.47. The minimum absolute atomic E-state index is 0.0210. The van der Waals surface area contributed by atoms with Gasteiger partial charge in [-0.1, -0.05) is 6.42 Å². The fourth-order valence-electron chi connectivity index (χ4n) is 2.50. The van der Waals surface area contributed by atoms with Crippen LogP contribution in [-0.4, -0.2) is 48.7 Å². The maximum absolute atomic E-state index is 12.3. The average Bonchev–Trinajstić information content (AvgIpc) is 2.37. The van der Waals surface area contributed by atoms with Crippen LogP contribution in [0, 0.1) is 11.8 Å². The summed E-state index contributed by atoms with van der Waals surface area (Å²) in [7, 11) is 3.37. The highest BCUT2D eigenvalue weighted by Crippen LogP contribution is 2.30. The van der Waals surface area contributed by atoms with Crippen LogP contribution < -0.4 is 0 Å². The number of hydrogen-bond acceptors (Lipinski definition) is 3. The summed E-state index contributed by atoms with van der Waals surface area (Å²) in [5, 5.41) is 9.02. The molecule has 1 fully saturated rings. The van der Waals surface area contributed by atoms with E-state index in [1.54, 1.807) is 19.1 Å². The van der Waals surface area contributed by atoms with Gasteiger partial charge in [0.1, 0.15) is 0 Å². The Morgan fingerprint density at radius 1 is 1.39 bits per heavy atom. The van der Waals surface area contributed by atoms with Crippen molar-refractivity contribution in [2.24, 2.45) is 11.8 Å². The highest BCUT2D eigenvalue weighted by Gasteiger charge is 2.33. The number of carboxylic acids is 1. The number of carboxylic acid groups (broad SMARTS) is 1. The molecule has 1 rings (SSSR count). The Hall–Kier alpha value is -1.10. The number of aliphatic carboxylic acids is 1. The number of likely N-dealkylation sites (N-methyl/N-ethyl adjacent to an activating group) is 1. The van der Waals surface area contributed by atoms with Crippen LogP contribution >= 0.6 is 0 Å². The third-order valence-electron chi connectivity index (χ3n) is 3.79. The largest absolute Gasteiger partial charge is 0.481 e. The summed E-state index contributed by atoms with van der Waals surface area (Å²) < 4.78 is 5.03. The highest BCUT2D eigenvalue weighted by molar-refractivity contribution is 5.80. The third-order valence-corrected chi connectivity index (χ3v) is 3.79. The first kappa shape index (κ1) is 15.0. The molecule has 1 aliphatic carbocycles. The third kappa shape index (κ3) is 3.70. The number of hydrogen-bond donors (Lipinski definition) is 1. The van der Waals surface area contributed by atoms with Crippen molar-refractivity contribution in [3.05, 3.63) is 0 Å². The van der Waals surface area contributed by atoms with Gasteiger partial charge < -0.3 is 14.7 Å². The summed E-state index contributed by atoms with van der Waals surface area (Å²) in [5.74, 6) is -1.24. The Kier molecular flexibility index (Phi) is 5.59. The van der Waals surface area contributed by atoms with Crippen molar-refractivity contribution in [1.29, 1.82) is 0 Å². The van der Waals surface area contributed by atoms with E-state index in [2.05, 4.69) is 0 Å². The normalized spacial score (nSPS) is 25.5. The predicted octanol–water partition coefficient (Wildman–Crippen LogP) is 1.37. The van der Waals surface area contributed by atoms with Gasteiger partial charge in [0.15, 0.2) is 0 Å². The van der Waals surface area contributed by atoms with Crippen molar-refractivity contribution in [1.82, 2.24) is 4.90 Å². The molecule has 0 saturated heterocycles. The maximum atomic E-state index is 12.3. The molecule has 3 atom stereocenters. The molecule has 0 aromatic rings. The molecule has 0 aliphatic heterocycles. The first-order valence-corrected chi connectivity index (χ1v) is 6.45. The summed E-state index contributed by atoms with van der Waals surface area (Å²) in [5.41, 5.74) is 0. The van der Waals surface area contributed by atoms with Crippen LogP contribution in [0.5, 0.6) is 0 Å². The van der Waals surface area contributed by atoms with Crippen LogP contribution in [0.15, 0.2) is 0 Å². The second-order valence-corrected chi connectivity index (χ2v) is 5.15. The molecule has 0 aromatic carbocycles. The second-order valence-electron chi connectivity index (χ2n) is 5.15. The zero-order valence-electron chi connectivity index (χ0n) is 11.4. The van der Waals surface area contributed by atoms with E-state index in [0.29, 0.717) is 19.4 Å². The van der Waals surface area contributed by atoms with Gasteiger partial charge in [-0.3, -0.25) is 9.59 Å². The van der Waals surface area contributed by atoms with Crippen molar-refractivity contribution >= 4 is 11.9 Å². The van der Waals surface area contributed by atoms with Crippen molar-refractivity contribution in [3.8, 4) is 0 Å². The van der Waals surface area contributed by atoms with Gasteiger partial charge >= 0.3 is 5.97 Å².